The van der Waals surface area contributed by atoms with E-state index < -0.39 is 0 Å². The van der Waals surface area contributed by atoms with E-state index in [0.717, 1.165) is 33.2 Å². The van der Waals surface area contributed by atoms with E-state index in [1.807, 2.05) is 42.5 Å². The molecule has 0 bridgehead atoms. The normalized spacial score (nSPS) is 11.8. The van der Waals surface area contributed by atoms with Crippen molar-refractivity contribution in [3.63, 3.8) is 0 Å². The van der Waals surface area contributed by atoms with E-state index in [1.165, 1.54) is 12.1 Å². The number of halogens is 1. The molecule has 2 heterocycles. The van der Waals surface area contributed by atoms with E-state index in [-0.39, 0.29) is 24.1 Å². The average molecular weight is 524 g/mol. The number of ether oxygens (including phenoxy) is 2. The maximum Gasteiger partial charge on any atom is 0.221 e. The number of aromatic nitrogens is 2. The van der Waals surface area contributed by atoms with Gasteiger partial charge >= 0.3 is 0 Å². The summed E-state index contributed by atoms with van der Waals surface area (Å²) >= 11 is 0. The van der Waals surface area contributed by atoms with Crippen LogP contribution in [0.5, 0.6) is 11.5 Å². The van der Waals surface area contributed by atoms with Crippen LogP contribution in [0, 0.1) is 5.82 Å². The molecule has 0 saturated carbocycles. The number of hydrogen-bond acceptors (Lipinski definition) is 4. The van der Waals surface area contributed by atoms with Crippen LogP contribution < -0.4 is 14.8 Å². The van der Waals surface area contributed by atoms with Crippen LogP contribution in [0.15, 0.2) is 97.5 Å². The second-order valence-corrected chi connectivity index (χ2v) is 9.36. The highest BCUT2D eigenvalue weighted by Gasteiger charge is 2.24. The highest BCUT2D eigenvalue weighted by molar-refractivity contribution is 5.87. The summed E-state index contributed by atoms with van der Waals surface area (Å²) in [7, 11) is 3.21. The van der Waals surface area contributed by atoms with Gasteiger partial charge in [-0.1, -0.05) is 36.4 Å². The second-order valence-electron chi connectivity index (χ2n) is 9.36. The fourth-order valence-corrected chi connectivity index (χ4v) is 4.91. The smallest absolute Gasteiger partial charge is 0.221 e. The van der Waals surface area contributed by atoms with Gasteiger partial charge in [0.25, 0.3) is 0 Å². The molecule has 1 atom stereocenters. The lowest BCUT2D eigenvalue weighted by Crippen LogP contribution is -2.25. The van der Waals surface area contributed by atoms with E-state index in [4.69, 9.17) is 9.47 Å². The summed E-state index contributed by atoms with van der Waals surface area (Å²) in [4.78, 5) is 17.3. The Morgan fingerprint density at radius 1 is 0.923 bits per heavy atom. The Kier molecular flexibility index (Phi) is 7.87. The van der Waals surface area contributed by atoms with Gasteiger partial charge in [0.1, 0.15) is 5.82 Å². The van der Waals surface area contributed by atoms with E-state index in [0.29, 0.717) is 24.6 Å². The zero-order chi connectivity index (χ0) is 27.2. The highest BCUT2D eigenvalue weighted by Crippen LogP contribution is 2.38. The van der Waals surface area contributed by atoms with Gasteiger partial charge in [0.2, 0.25) is 5.91 Å². The molecule has 7 heteroatoms. The maximum atomic E-state index is 13.5. The lowest BCUT2D eigenvalue weighted by molar-refractivity contribution is -0.121. The molecule has 0 aliphatic heterocycles. The predicted octanol–water partition coefficient (Wildman–Crippen LogP) is 6.08. The van der Waals surface area contributed by atoms with Gasteiger partial charge in [-0.25, -0.2) is 4.39 Å². The molecule has 0 saturated heterocycles. The maximum absolute atomic E-state index is 13.5. The fourth-order valence-electron chi connectivity index (χ4n) is 4.91. The molecule has 0 aliphatic rings. The predicted molar refractivity (Wildman–Crippen MR) is 150 cm³/mol. The van der Waals surface area contributed by atoms with Crippen molar-refractivity contribution in [2.24, 2.45) is 0 Å². The van der Waals surface area contributed by atoms with Crippen molar-refractivity contribution in [3.8, 4) is 11.5 Å². The van der Waals surface area contributed by atoms with Crippen molar-refractivity contribution in [2.75, 3.05) is 14.2 Å². The molecule has 6 nitrogen and oxygen atoms in total. The third-order valence-electron chi connectivity index (χ3n) is 6.90. The topological polar surface area (TPSA) is 65.4 Å². The first-order valence-electron chi connectivity index (χ1n) is 12.8. The number of benzene rings is 3. The highest BCUT2D eigenvalue weighted by atomic mass is 19.1. The molecule has 39 heavy (non-hydrogen) atoms. The SMILES string of the molecule is COc1ccc([C@H](CC(=O)NCc2ccncc2)c2cn(Cc3ccc(F)cc3)c3ccccc23)cc1OC. The second kappa shape index (κ2) is 11.8. The summed E-state index contributed by atoms with van der Waals surface area (Å²) in [5.41, 5.74) is 4.98. The number of methoxy groups -OCH3 is 2. The lowest BCUT2D eigenvalue weighted by atomic mass is 9.87. The van der Waals surface area contributed by atoms with Crippen LogP contribution in [-0.2, 0) is 17.9 Å². The standard InChI is InChI=1S/C32H30FN3O3/c1-38-30-12-9-24(17-31(30)39-2)27(18-32(37)35-19-22-13-15-34-16-14-22)28-21-36(29-6-4-3-5-26(28)29)20-23-7-10-25(33)11-8-23/h3-17,21,27H,18-20H2,1-2H3,(H,35,37)/t27-/m0/s1. The van der Waals surface area contributed by atoms with Crippen molar-refractivity contribution >= 4 is 16.8 Å². The van der Waals surface area contributed by atoms with Crippen LogP contribution in [-0.4, -0.2) is 29.7 Å². The zero-order valence-electron chi connectivity index (χ0n) is 21.9. The first kappa shape index (κ1) is 26.0. The van der Waals surface area contributed by atoms with E-state index in [9.17, 15) is 9.18 Å². The van der Waals surface area contributed by atoms with Crippen LogP contribution in [0.4, 0.5) is 4.39 Å². The summed E-state index contributed by atoms with van der Waals surface area (Å²) in [6.07, 6.45) is 5.77. The molecule has 1 N–H and O–H groups in total. The Labute approximate surface area is 227 Å². The zero-order valence-corrected chi connectivity index (χ0v) is 21.9. The van der Waals surface area contributed by atoms with E-state index in [1.54, 1.807) is 38.7 Å². The molecular formula is C32H30FN3O3. The van der Waals surface area contributed by atoms with Crippen molar-refractivity contribution in [1.29, 1.82) is 0 Å². The van der Waals surface area contributed by atoms with Crippen LogP contribution in [0.2, 0.25) is 0 Å². The molecular weight excluding hydrogens is 493 g/mol. The monoisotopic (exact) mass is 523 g/mol. The Bertz CT molecular complexity index is 1570. The number of nitrogens with zero attached hydrogens (tertiary/aromatic N) is 2. The molecule has 0 spiro atoms. The quantitative estimate of drug-likeness (QED) is 0.241. The number of fused-ring (bicyclic) bond motifs is 1. The molecule has 1 amide bonds. The summed E-state index contributed by atoms with van der Waals surface area (Å²) in [6.45, 7) is 1.00. The number of carbonyl (C=O) groups excluding carboxylic acids is 1. The van der Waals surface area contributed by atoms with Crippen molar-refractivity contribution < 1.29 is 18.7 Å². The number of nitrogens with one attached hydrogen (secondary N) is 1. The summed E-state index contributed by atoms with van der Waals surface area (Å²) in [6, 6.07) is 24.2. The first-order valence-corrected chi connectivity index (χ1v) is 12.8. The number of pyridine rings is 1. The molecule has 2 aromatic heterocycles. The van der Waals surface area contributed by atoms with Crippen LogP contribution in [0.1, 0.15) is 34.6 Å². The Balaban J connectivity index is 1.53. The Morgan fingerprint density at radius 3 is 2.41 bits per heavy atom. The van der Waals surface area contributed by atoms with Gasteiger partial charge in [-0.2, -0.15) is 0 Å². The van der Waals surface area contributed by atoms with Crippen LogP contribution >= 0.6 is 0 Å². The molecule has 198 valence electrons. The van der Waals surface area contributed by atoms with Crippen molar-refractivity contribution in [1.82, 2.24) is 14.9 Å². The van der Waals surface area contributed by atoms with Gasteiger partial charge in [-0.3, -0.25) is 9.78 Å². The van der Waals surface area contributed by atoms with Gasteiger partial charge in [-0.05, 0) is 64.7 Å². The van der Waals surface area contributed by atoms with Crippen LogP contribution in [0.3, 0.4) is 0 Å². The molecule has 0 unspecified atom stereocenters. The van der Waals surface area contributed by atoms with Gasteiger partial charge in [0.05, 0.1) is 14.2 Å². The molecule has 5 rings (SSSR count). The summed E-state index contributed by atoms with van der Waals surface area (Å²) in [5, 5.41) is 4.11. The first-order chi connectivity index (χ1) is 19.1. The minimum Gasteiger partial charge on any atom is -0.493 e. The van der Waals surface area contributed by atoms with Gasteiger partial charge < -0.3 is 19.4 Å². The molecule has 0 fully saturated rings. The number of hydrogen-bond donors (Lipinski definition) is 1. The fraction of sp³-hybridized carbons (Fsp3) is 0.188. The Hall–Kier alpha value is -4.65. The number of carbonyl (C=O) groups is 1. The number of rotatable bonds is 10. The largest absolute Gasteiger partial charge is 0.493 e. The molecule has 0 radical (unpaired) electrons. The third-order valence-corrected chi connectivity index (χ3v) is 6.90. The number of para-hydroxylation sites is 1. The summed E-state index contributed by atoms with van der Waals surface area (Å²) in [5.74, 6) is 0.653. The van der Waals surface area contributed by atoms with Gasteiger partial charge in [0, 0.05) is 54.9 Å². The third kappa shape index (κ3) is 5.93. The van der Waals surface area contributed by atoms with E-state index >= 15 is 0 Å². The van der Waals surface area contributed by atoms with Crippen molar-refractivity contribution in [3.05, 3.63) is 126 Å². The minimum absolute atomic E-state index is 0.0676. The van der Waals surface area contributed by atoms with Gasteiger partial charge in [0.15, 0.2) is 11.5 Å². The molecule has 0 aliphatic carbocycles. The van der Waals surface area contributed by atoms with Gasteiger partial charge in [-0.15, -0.1) is 0 Å². The summed E-state index contributed by atoms with van der Waals surface area (Å²) < 4.78 is 26.7. The van der Waals surface area contributed by atoms with Crippen molar-refractivity contribution in [2.45, 2.75) is 25.4 Å². The average Bonchev–Trinajstić information content (AvgIpc) is 3.34. The molecule has 5 aromatic rings. The molecule has 3 aromatic carbocycles. The Morgan fingerprint density at radius 2 is 1.67 bits per heavy atom. The minimum atomic E-state index is -0.261. The lowest BCUT2D eigenvalue weighted by Gasteiger charge is -2.19. The van der Waals surface area contributed by atoms with Crippen LogP contribution in [0.25, 0.3) is 10.9 Å². The van der Waals surface area contributed by atoms with E-state index in [2.05, 4.69) is 33.2 Å². The number of amides is 1.